The van der Waals surface area contributed by atoms with E-state index in [9.17, 15) is 22.8 Å². The van der Waals surface area contributed by atoms with Gasteiger partial charge in [0.2, 0.25) is 5.91 Å². The Labute approximate surface area is 195 Å². The van der Waals surface area contributed by atoms with E-state index >= 15 is 0 Å². The summed E-state index contributed by atoms with van der Waals surface area (Å²) in [5.74, 6) is 0.181. The first-order chi connectivity index (χ1) is 16.3. The van der Waals surface area contributed by atoms with Crippen LogP contribution < -0.4 is 15.9 Å². The summed E-state index contributed by atoms with van der Waals surface area (Å²) in [6.45, 7) is 1.81. The molecule has 9 heteroatoms. The first kappa shape index (κ1) is 23.9. The number of halogens is 3. The number of benzene rings is 1. The summed E-state index contributed by atoms with van der Waals surface area (Å²) in [7, 11) is 0. The minimum atomic E-state index is -4.41. The Hall–Kier alpha value is -3.23. The van der Waals surface area contributed by atoms with Crippen LogP contribution in [0.15, 0.2) is 47.7 Å². The molecule has 0 bridgehead atoms. The Bertz CT molecular complexity index is 1100. The monoisotopic (exact) mass is 472 g/mol. The fraction of sp³-hybridized carbons (Fsp3) is 0.440. The van der Waals surface area contributed by atoms with Gasteiger partial charge in [-0.2, -0.15) is 13.2 Å². The van der Waals surface area contributed by atoms with Crippen molar-refractivity contribution in [2.24, 2.45) is 10.9 Å². The van der Waals surface area contributed by atoms with Crippen LogP contribution in [-0.2, 0) is 11.0 Å². The van der Waals surface area contributed by atoms with Gasteiger partial charge in [-0.15, -0.1) is 0 Å². The van der Waals surface area contributed by atoms with Crippen LogP contribution in [0.3, 0.4) is 0 Å². The third-order valence-corrected chi connectivity index (χ3v) is 6.41. The quantitative estimate of drug-likeness (QED) is 0.630. The van der Waals surface area contributed by atoms with Crippen LogP contribution in [-0.4, -0.2) is 47.4 Å². The Morgan fingerprint density at radius 2 is 1.79 bits per heavy atom. The summed E-state index contributed by atoms with van der Waals surface area (Å²) in [6, 6.07) is 5.70. The van der Waals surface area contributed by atoms with Crippen molar-refractivity contribution in [2.45, 2.75) is 44.3 Å². The van der Waals surface area contributed by atoms with Crippen LogP contribution in [0.5, 0.6) is 0 Å². The van der Waals surface area contributed by atoms with Gasteiger partial charge >= 0.3 is 6.18 Å². The van der Waals surface area contributed by atoms with Crippen molar-refractivity contribution in [3.8, 4) is 0 Å². The van der Waals surface area contributed by atoms with E-state index in [4.69, 9.17) is 0 Å². The van der Waals surface area contributed by atoms with Crippen LogP contribution in [0.25, 0.3) is 6.08 Å². The number of carbonyl (C=O) groups is 2. The highest BCUT2D eigenvalue weighted by Crippen LogP contribution is 2.29. The predicted molar refractivity (Wildman–Crippen MR) is 120 cm³/mol. The molecule has 1 aromatic heterocycles. The van der Waals surface area contributed by atoms with E-state index in [1.165, 1.54) is 12.1 Å². The molecule has 180 valence electrons. The number of piperidine rings is 1. The standard InChI is InChI=1S/C25H27F3N4O2/c26-25(27,28)20-6-4-18(5-7-20)24(34)32-13-9-17(10-14-32)3-1-2-11-30-23(33)22-15-19-16-29-12-8-21(19)31-22/h4-8,12,15-17,22H,1-3,9-11,13-14H2,(H,30,33). The molecule has 2 aromatic rings. The van der Waals surface area contributed by atoms with Crippen LogP contribution in [0.2, 0.25) is 0 Å². The second-order valence-electron chi connectivity index (χ2n) is 8.77. The molecule has 2 aliphatic rings. The molecular formula is C25H27F3N4O2. The average molecular weight is 473 g/mol. The zero-order valence-electron chi connectivity index (χ0n) is 18.7. The van der Waals surface area contributed by atoms with Crippen LogP contribution in [0.4, 0.5) is 13.2 Å². The van der Waals surface area contributed by atoms with Crippen molar-refractivity contribution >= 4 is 17.9 Å². The minimum Gasteiger partial charge on any atom is -0.354 e. The minimum absolute atomic E-state index is 0.105. The number of fused-ring (bicyclic) bond motifs is 1. The lowest BCUT2D eigenvalue weighted by Gasteiger charge is -2.32. The highest BCUT2D eigenvalue weighted by Gasteiger charge is 2.31. The third-order valence-electron chi connectivity index (χ3n) is 6.41. The molecule has 1 N–H and O–H groups in total. The molecule has 1 atom stereocenters. The SMILES string of the molecule is O=C(NCCCCC1CCN(C(=O)c2ccc(C(F)(F)F)cc2)CC1)C1C=c2cnccc2=N1. The molecular weight excluding hydrogens is 445 g/mol. The smallest absolute Gasteiger partial charge is 0.354 e. The molecule has 4 rings (SSSR count). The number of rotatable bonds is 7. The molecule has 0 spiro atoms. The Balaban J connectivity index is 1.13. The van der Waals surface area contributed by atoms with Gasteiger partial charge in [0.1, 0.15) is 6.04 Å². The van der Waals surface area contributed by atoms with Crippen molar-refractivity contribution in [2.75, 3.05) is 19.6 Å². The lowest BCUT2D eigenvalue weighted by atomic mass is 9.91. The van der Waals surface area contributed by atoms with Gasteiger partial charge in [0.15, 0.2) is 0 Å². The maximum atomic E-state index is 12.7. The molecule has 0 aliphatic carbocycles. The summed E-state index contributed by atoms with van der Waals surface area (Å²) in [4.78, 5) is 35.1. The van der Waals surface area contributed by atoms with Gasteiger partial charge in [-0.3, -0.25) is 19.6 Å². The Morgan fingerprint density at radius 1 is 1.06 bits per heavy atom. The lowest BCUT2D eigenvalue weighted by molar-refractivity contribution is -0.137. The fourth-order valence-electron chi connectivity index (χ4n) is 4.42. The third kappa shape index (κ3) is 5.81. The van der Waals surface area contributed by atoms with E-state index in [1.54, 1.807) is 23.4 Å². The average Bonchev–Trinajstić information content (AvgIpc) is 3.28. The molecule has 2 amide bonds. The number of amides is 2. The molecule has 0 saturated carbocycles. The van der Waals surface area contributed by atoms with Gasteiger partial charge in [0.05, 0.1) is 10.9 Å². The maximum absolute atomic E-state index is 12.7. The number of carbonyl (C=O) groups excluding carboxylic acids is 2. The fourth-order valence-corrected chi connectivity index (χ4v) is 4.42. The van der Waals surface area contributed by atoms with Gasteiger partial charge in [-0.25, -0.2) is 0 Å². The molecule has 2 aliphatic heterocycles. The number of likely N-dealkylation sites (tertiary alicyclic amines) is 1. The van der Waals surface area contributed by atoms with Crippen molar-refractivity contribution in [1.82, 2.24) is 15.2 Å². The number of unbranched alkanes of at least 4 members (excludes halogenated alkanes) is 1. The zero-order valence-corrected chi connectivity index (χ0v) is 18.7. The zero-order chi connectivity index (χ0) is 24.1. The number of alkyl halides is 3. The van der Waals surface area contributed by atoms with Gasteiger partial charge in [0.25, 0.3) is 5.91 Å². The summed E-state index contributed by atoms with van der Waals surface area (Å²) >= 11 is 0. The summed E-state index contributed by atoms with van der Waals surface area (Å²) in [5.41, 5.74) is -0.468. The first-order valence-corrected chi connectivity index (χ1v) is 11.6. The van der Waals surface area contributed by atoms with E-state index in [2.05, 4.69) is 15.3 Å². The van der Waals surface area contributed by atoms with Gasteiger partial charge in [-0.1, -0.05) is 12.8 Å². The Morgan fingerprint density at radius 3 is 2.47 bits per heavy atom. The van der Waals surface area contributed by atoms with E-state index in [-0.39, 0.29) is 17.4 Å². The summed E-state index contributed by atoms with van der Waals surface area (Å²) in [6.07, 6.45) is 5.40. The van der Waals surface area contributed by atoms with Crippen molar-refractivity contribution in [3.63, 3.8) is 0 Å². The number of hydrogen-bond donors (Lipinski definition) is 1. The molecule has 3 heterocycles. The molecule has 34 heavy (non-hydrogen) atoms. The molecule has 6 nitrogen and oxygen atoms in total. The van der Waals surface area contributed by atoms with E-state index < -0.39 is 17.8 Å². The van der Waals surface area contributed by atoms with Crippen molar-refractivity contribution in [3.05, 3.63) is 64.4 Å². The molecule has 1 unspecified atom stereocenters. The summed E-state index contributed by atoms with van der Waals surface area (Å²) in [5, 5.41) is 4.61. The number of aromatic nitrogens is 1. The van der Waals surface area contributed by atoms with E-state index in [0.717, 1.165) is 54.8 Å². The highest BCUT2D eigenvalue weighted by atomic mass is 19.4. The van der Waals surface area contributed by atoms with Crippen LogP contribution in [0, 0.1) is 5.92 Å². The molecule has 1 fully saturated rings. The number of nitrogens with zero attached hydrogens (tertiary/aromatic N) is 3. The molecule has 1 aromatic carbocycles. The molecule has 0 radical (unpaired) electrons. The maximum Gasteiger partial charge on any atom is 0.416 e. The van der Waals surface area contributed by atoms with Crippen LogP contribution in [0.1, 0.15) is 48.0 Å². The number of hydrogen-bond acceptors (Lipinski definition) is 4. The molecule has 1 saturated heterocycles. The van der Waals surface area contributed by atoms with E-state index in [1.807, 2.05) is 6.08 Å². The largest absolute Gasteiger partial charge is 0.416 e. The van der Waals surface area contributed by atoms with E-state index in [0.29, 0.717) is 25.6 Å². The topological polar surface area (TPSA) is 74.7 Å². The van der Waals surface area contributed by atoms with Crippen molar-refractivity contribution < 1.29 is 22.8 Å². The lowest BCUT2D eigenvalue weighted by Crippen LogP contribution is -2.38. The van der Waals surface area contributed by atoms with Gasteiger partial charge < -0.3 is 10.2 Å². The predicted octanol–water partition coefficient (Wildman–Crippen LogP) is 2.72. The van der Waals surface area contributed by atoms with Gasteiger partial charge in [-0.05, 0) is 61.6 Å². The van der Waals surface area contributed by atoms with Gasteiger partial charge in [0, 0.05) is 42.8 Å². The first-order valence-electron chi connectivity index (χ1n) is 11.6. The Kier molecular flexibility index (Phi) is 7.29. The van der Waals surface area contributed by atoms with Crippen molar-refractivity contribution in [1.29, 1.82) is 0 Å². The normalized spacial score (nSPS) is 18.1. The second-order valence-corrected chi connectivity index (χ2v) is 8.77. The van der Waals surface area contributed by atoms with Crippen LogP contribution >= 0.6 is 0 Å². The number of pyridine rings is 1. The number of nitrogens with one attached hydrogen (secondary N) is 1. The second kappa shape index (κ2) is 10.4. The highest BCUT2D eigenvalue weighted by molar-refractivity contribution is 5.94. The summed E-state index contributed by atoms with van der Waals surface area (Å²) < 4.78 is 38.1.